The van der Waals surface area contributed by atoms with Crippen molar-refractivity contribution >= 4 is 23.1 Å². The zero-order valence-corrected chi connectivity index (χ0v) is 15.2. The van der Waals surface area contributed by atoms with E-state index in [1.165, 1.54) is 0 Å². The van der Waals surface area contributed by atoms with Crippen molar-refractivity contribution in [2.24, 2.45) is 5.92 Å². The number of benzene rings is 1. The summed E-state index contributed by atoms with van der Waals surface area (Å²) in [6.07, 6.45) is 6.23. The van der Waals surface area contributed by atoms with Gasteiger partial charge in [-0.1, -0.05) is 23.7 Å². The maximum Gasteiger partial charge on any atom is 0.217 e. The van der Waals surface area contributed by atoms with Crippen molar-refractivity contribution in [1.29, 1.82) is 0 Å². The Morgan fingerprint density at radius 3 is 2.81 bits per heavy atom. The Labute approximate surface area is 157 Å². The normalized spacial score (nSPS) is 20.0. The molecule has 2 aromatic heterocycles. The van der Waals surface area contributed by atoms with Gasteiger partial charge in [0.25, 0.3) is 0 Å². The van der Waals surface area contributed by atoms with E-state index in [2.05, 4.69) is 15.1 Å². The second-order valence-corrected chi connectivity index (χ2v) is 7.28. The fourth-order valence-electron chi connectivity index (χ4n) is 3.62. The Bertz CT molecular complexity index is 950. The molecule has 1 N–H and O–H groups in total. The molecule has 0 saturated heterocycles. The Hall–Kier alpha value is -2.58. The molecule has 0 spiro atoms. The third-order valence-corrected chi connectivity index (χ3v) is 5.27. The molecule has 132 valence electrons. The van der Waals surface area contributed by atoms with Crippen molar-refractivity contribution < 1.29 is 0 Å². The molecule has 0 aliphatic heterocycles. The smallest absolute Gasteiger partial charge is 0.217 e. The number of nitrogens with one attached hydrogen (secondary N) is 1. The van der Waals surface area contributed by atoms with Crippen LogP contribution in [0.15, 0.2) is 42.6 Å². The van der Waals surface area contributed by atoms with E-state index < -0.39 is 0 Å². The third kappa shape index (κ3) is 3.51. The number of hydrogen-bond acceptors (Lipinski definition) is 3. The van der Waals surface area contributed by atoms with Gasteiger partial charge in [-0.3, -0.25) is 0 Å². The highest BCUT2D eigenvalue weighted by Gasteiger charge is 2.23. The van der Waals surface area contributed by atoms with E-state index in [1.807, 2.05) is 47.1 Å². The Morgan fingerprint density at radius 2 is 2.04 bits per heavy atom. The molecule has 2 heterocycles. The van der Waals surface area contributed by atoms with Crippen molar-refractivity contribution in [2.75, 3.05) is 11.9 Å². The lowest BCUT2D eigenvalue weighted by atomic mass is 9.86. The lowest BCUT2D eigenvalue weighted by Gasteiger charge is -2.26. The van der Waals surface area contributed by atoms with Gasteiger partial charge in [0.1, 0.15) is 5.82 Å². The average molecular weight is 366 g/mol. The zero-order valence-electron chi connectivity index (χ0n) is 14.4. The lowest BCUT2D eigenvalue weighted by molar-refractivity contribution is 0.355. The molecule has 1 aromatic carbocycles. The van der Waals surface area contributed by atoms with E-state index in [0.29, 0.717) is 23.5 Å². The predicted molar refractivity (Wildman–Crippen MR) is 104 cm³/mol. The van der Waals surface area contributed by atoms with E-state index in [-0.39, 0.29) is 0 Å². The Morgan fingerprint density at radius 1 is 1.19 bits per heavy atom. The molecule has 0 unspecified atom stereocenters. The van der Waals surface area contributed by atoms with Gasteiger partial charge in [-0.05, 0) is 49.9 Å². The molecule has 1 aliphatic carbocycles. The second-order valence-electron chi connectivity index (χ2n) is 6.85. The molecule has 5 nitrogen and oxygen atoms in total. The number of imidazole rings is 1. The highest BCUT2D eigenvalue weighted by molar-refractivity contribution is 6.30. The summed E-state index contributed by atoms with van der Waals surface area (Å²) in [5.41, 5.74) is 2.73. The van der Waals surface area contributed by atoms with Crippen LogP contribution in [0.2, 0.25) is 5.02 Å². The SMILES string of the molecule is [C-]#[N+]CC1CCC(Nc2ccc3ncc(-c4cccc(Cl)c4)n3n2)CC1. The summed E-state index contributed by atoms with van der Waals surface area (Å²) in [7, 11) is 0. The molecular formula is C20H20ClN5. The van der Waals surface area contributed by atoms with Crippen molar-refractivity contribution in [1.82, 2.24) is 14.6 Å². The molecule has 0 bridgehead atoms. The summed E-state index contributed by atoms with van der Waals surface area (Å²) in [6.45, 7) is 7.68. The molecule has 1 saturated carbocycles. The van der Waals surface area contributed by atoms with Crippen LogP contribution in [0, 0.1) is 12.5 Å². The highest BCUT2D eigenvalue weighted by Crippen LogP contribution is 2.27. The standard InChI is InChI=1S/C20H20ClN5/c1-22-12-14-5-7-17(8-6-14)24-19-9-10-20-23-13-18(26(20)25-19)15-3-2-4-16(21)11-15/h2-4,9-11,13-14,17H,5-8,12H2,(H,24,25). The van der Waals surface area contributed by atoms with Crippen LogP contribution < -0.4 is 5.32 Å². The summed E-state index contributed by atoms with van der Waals surface area (Å²) in [5.74, 6) is 1.41. The van der Waals surface area contributed by atoms with E-state index in [9.17, 15) is 0 Å². The molecular weight excluding hydrogens is 346 g/mol. The molecule has 26 heavy (non-hydrogen) atoms. The summed E-state index contributed by atoms with van der Waals surface area (Å²) in [4.78, 5) is 7.98. The van der Waals surface area contributed by atoms with Crippen LogP contribution in [0.5, 0.6) is 0 Å². The Balaban J connectivity index is 1.54. The van der Waals surface area contributed by atoms with Gasteiger partial charge in [0.05, 0.1) is 11.9 Å². The van der Waals surface area contributed by atoms with Crippen LogP contribution in [0.4, 0.5) is 5.82 Å². The van der Waals surface area contributed by atoms with E-state index in [4.69, 9.17) is 23.3 Å². The minimum absolute atomic E-state index is 0.417. The average Bonchev–Trinajstić information content (AvgIpc) is 3.07. The number of fused-ring (bicyclic) bond motifs is 1. The molecule has 3 aromatic rings. The molecule has 4 rings (SSSR count). The first-order valence-corrected chi connectivity index (χ1v) is 9.31. The van der Waals surface area contributed by atoms with Crippen molar-refractivity contribution in [3.8, 4) is 11.3 Å². The quantitative estimate of drug-likeness (QED) is 0.666. The van der Waals surface area contributed by atoms with Crippen LogP contribution >= 0.6 is 11.6 Å². The van der Waals surface area contributed by atoms with E-state index in [0.717, 1.165) is 48.4 Å². The number of anilines is 1. The minimum Gasteiger partial charge on any atom is -0.366 e. The molecule has 1 fully saturated rings. The molecule has 6 heteroatoms. The number of nitrogens with zero attached hydrogens (tertiary/aromatic N) is 4. The fraction of sp³-hybridized carbons (Fsp3) is 0.350. The largest absolute Gasteiger partial charge is 0.366 e. The number of halogens is 1. The number of hydrogen-bond donors (Lipinski definition) is 1. The third-order valence-electron chi connectivity index (χ3n) is 5.03. The van der Waals surface area contributed by atoms with Gasteiger partial charge in [-0.2, -0.15) is 0 Å². The van der Waals surface area contributed by atoms with Crippen LogP contribution in [0.25, 0.3) is 21.7 Å². The summed E-state index contributed by atoms with van der Waals surface area (Å²) < 4.78 is 1.86. The van der Waals surface area contributed by atoms with Crippen LogP contribution in [-0.2, 0) is 0 Å². The minimum atomic E-state index is 0.417. The van der Waals surface area contributed by atoms with Crippen molar-refractivity contribution in [3.05, 3.63) is 59.0 Å². The zero-order chi connectivity index (χ0) is 17.9. The Kier molecular flexibility index (Phi) is 4.77. The molecule has 0 atom stereocenters. The summed E-state index contributed by atoms with van der Waals surface area (Å²) in [6, 6.07) is 12.1. The van der Waals surface area contributed by atoms with Gasteiger partial charge in [-0.15, -0.1) is 5.10 Å². The van der Waals surface area contributed by atoms with Gasteiger partial charge in [-0.25, -0.2) is 16.1 Å². The second kappa shape index (κ2) is 7.35. The number of aromatic nitrogens is 3. The van der Waals surface area contributed by atoms with Gasteiger partial charge >= 0.3 is 0 Å². The van der Waals surface area contributed by atoms with E-state index in [1.54, 1.807) is 0 Å². The first kappa shape index (κ1) is 16.9. The lowest BCUT2D eigenvalue weighted by Crippen LogP contribution is -2.27. The first-order valence-electron chi connectivity index (χ1n) is 8.93. The highest BCUT2D eigenvalue weighted by atomic mass is 35.5. The van der Waals surface area contributed by atoms with Crippen LogP contribution in [0.3, 0.4) is 0 Å². The summed E-state index contributed by atoms with van der Waals surface area (Å²) >= 11 is 6.13. The van der Waals surface area contributed by atoms with Gasteiger partial charge in [0.2, 0.25) is 6.54 Å². The predicted octanol–water partition coefficient (Wildman–Crippen LogP) is 4.94. The van der Waals surface area contributed by atoms with Crippen LogP contribution in [-0.4, -0.2) is 27.2 Å². The summed E-state index contributed by atoms with van der Waals surface area (Å²) in [5, 5.41) is 8.99. The van der Waals surface area contributed by atoms with E-state index >= 15 is 0 Å². The maximum atomic E-state index is 7.02. The molecule has 0 amide bonds. The topological polar surface area (TPSA) is 46.6 Å². The van der Waals surface area contributed by atoms with Crippen molar-refractivity contribution in [2.45, 2.75) is 31.7 Å². The van der Waals surface area contributed by atoms with Gasteiger partial charge in [0.15, 0.2) is 5.65 Å². The monoisotopic (exact) mass is 365 g/mol. The molecule has 1 aliphatic rings. The fourth-order valence-corrected chi connectivity index (χ4v) is 3.81. The molecule has 0 radical (unpaired) electrons. The first-order chi connectivity index (χ1) is 12.7. The van der Waals surface area contributed by atoms with Gasteiger partial charge < -0.3 is 10.2 Å². The van der Waals surface area contributed by atoms with Crippen LogP contribution in [0.1, 0.15) is 25.7 Å². The number of rotatable bonds is 4. The van der Waals surface area contributed by atoms with Crippen molar-refractivity contribution in [3.63, 3.8) is 0 Å². The van der Waals surface area contributed by atoms with Gasteiger partial charge in [0, 0.05) is 22.5 Å². The maximum absolute atomic E-state index is 7.02.